The van der Waals surface area contributed by atoms with Crippen molar-refractivity contribution in [2.24, 2.45) is 0 Å². The number of hydrogen-bond acceptors (Lipinski definition) is 5. The molecule has 3 rings (SSSR count). The summed E-state index contributed by atoms with van der Waals surface area (Å²) in [5.41, 5.74) is -0.348. The van der Waals surface area contributed by atoms with Gasteiger partial charge >= 0.3 is 5.97 Å². The fraction of sp³-hybridized carbons (Fsp3) is 0.471. The Hall–Kier alpha value is -1.68. The minimum Gasteiger partial charge on any atom is -0.478 e. The van der Waals surface area contributed by atoms with Gasteiger partial charge in [-0.05, 0) is 43.5 Å². The maximum atomic E-state index is 13.2. The number of carboxylic acid groups (broad SMARTS) is 1. The third-order valence-electron chi connectivity index (χ3n) is 4.51. The zero-order valence-corrected chi connectivity index (χ0v) is 15.9. The van der Waals surface area contributed by atoms with Gasteiger partial charge in [0.05, 0.1) is 29.5 Å². The Morgan fingerprint density at radius 2 is 1.96 bits per heavy atom. The number of ether oxygens (including phenoxy) is 2. The Bertz CT molecular complexity index is 864. The fourth-order valence-corrected chi connectivity index (χ4v) is 5.00. The molecule has 1 aromatic carbocycles. The van der Waals surface area contributed by atoms with Crippen LogP contribution in [0.3, 0.4) is 0 Å². The van der Waals surface area contributed by atoms with Crippen LogP contribution in [0.2, 0.25) is 5.02 Å². The van der Waals surface area contributed by atoms with Crippen molar-refractivity contribution in [3.05, 3.63) is 40.7 Å². The molecule has 2 N–H and O–H groups in total. The molecular weight excluding hydrogens is 401 g/mol. The van der Waals surface area contributed by atoms with Crippen molar-refractivity contribution in [2.45, 2.75) is 36.7 Å². The van der Waals surface area contributed by atoms with E-state index in [1.54, 1.807) is 0 Å². The summed E-state index contributed by atoms with van der Waals surface area (Å²) in [7, 11) is -4.15. The second kappa shape index (κ2) is 7.75. The van der Waals surface area contributed by atoms with Gasteiger partial charge in [0.25, 0.3) is 0 Å². The largest absolute Gasteiger partial charge is 0.478 e. The molecule has 1 heterocycles. The number of nitrogens with one attached hydrogen (secondary N) is 1. The number of aliphatic carboxylic acids is 1. The highest BCUT2D eigenvalue weighted by Crippen LogP contribution is 2.37. The molecule has 1 saturated heterocycles. The Kier molecular flexibility index (Phi) is 5.76. The molecule has 2 aliphatic rings. The van der Waals surface area contributed by atoms with Gasteiger partial charge in [0.2, 0.25) is 10.0 Å². The normalized spacial score (nSPS) is 22.7. The van der Waals surface area contributed by atoms with Gasteiger partial charge in [-0.1, -0.05) is 11.6 Å². The van der Waals surface area contributed by atoms with Gasteiger partial charge in [-0.2, -0.15) is 0 Å². The molecule has 148 valence electrons. The zero-order valence-electron chi connectivity index (χ0n) is 14.3. The first kappa shape index (κ1) is 20.1. The van der Waals surface area contributed by atoms with Crippen LogP contribution < -0.4 is 4.72 Å². The van der Waals surface area contributed by atoms with Crippen LogP contribution in [-0.4, -0.2) is 43.7 Å². The summed E-state index contributed by atoms with van der Waals surface area (Å²) in [6, 6.07) is 3.21. The third-order valence-corrected chi connectivity index (χ3v) is 6.57. The quantitative estimate of drug-likeness (QED) is 0.778. The molecule has 1 fully saturated rings. The Morgan fingerprint density at radius 3 is 2.56 bits per heavy atom. The highest BCUT2D eigenvalue weighted by Gasteiger charge is 2.44. The van der Waals surface area contributed by atoms with E-state index in [1.807, 2.05) is 0 Å². The number of halogens is 2. The third kappa shape index (κ3) is 4.43. The summed E-state index contributed by atoms with van der Waals surface area (Å²) in [5, 5.41) is 8.12. The van der Waals surface area contributed by atoms with Gasteiger partial charge in [0.1, 0.15) is 11.1 Å². The standard InChI is InChI=1S/C17H19ClFNO6S/c18-13-9-11(19)3-4-14(13)20-27(23,24)15-5-6-17(10-12(15)16(21)22)25-7-1-2-8-26-17/h3-4,9-10,15,20H,1-2,5-8H2,(H,21,22). The van der Waals surface area contributed by atoms with Crippen LogP contribution in [0.4, 0.5) is 10.1 Å². The van der Waals surface area contributed by atoms with Gasteiger partial charge < -0.3 is 14.6 Å². The van der Waals surface area contributed by atoms with E-state index in [-0.39, 0.29) is 29.1 Å². The van der Waals surface area contributed by atoms with Gasteiger partial charge in [0.15, 0.2) is 5.79 Å². The number of sulfonamides is 1. The monoisotopic (exact) mass is 419 g/mol. The Labute approximate surface area is 161 Å². The van der Waals surface area contributed by atoms with E-state index >= 15 is 0 Å². The summed E-state index contributed by atoms with van der Waals surface area (Å²) >= 11 is 5.87. The SMILES string of the molecule is O=C(O)C1=CC2(CCC1S(=O)(=O)Nc1ccc(F)cc1Cl)OCCCCO2. The highest BCUT2D eigenvalue weighted by molar-refractivity contribution is 7.93. The predicted molar refractivity (Wildman–Crippen MR) is 96.6 cm³/mol. The van der Waals surface area contributed by atoms with Crippen LogP contribution in [0.15, 0.2) is 29.8 Å². The van der Waals surface area contributed by atoms with Crippen molar-refractivity contribution in [3.63, 3.8) is 0 Å². The van der Waals surface area contributed by atoms with Crippen LogP contribution in [-0.2, 0) is 24.3 Å². The van der Waals surface area contributed by atoms with Crippen LogP contribution >= 0.6 is 11.6 Å². The first-order chi connectivity index (χ1) is 12.7. The van der Waals surface area contributed by atoms with Gasteiger partial charge in [-0.25, -0.2) is 17.6 Å². The topological polar surface area (TPSA) is 102 Å². The van der Waals surface area contributed by atoms with Crippen molar-refractivity contribution in [2.75, 3.05) is 17.9 Å². The molecule has 7 nitrogen and oxygen atoms in total. The molecule has 0 radical (unpaired) electrons. The number of benzene rings is 1. The maximum Gasteiger partial charge on any atom is 0.332 e. The lowest BCUT2D eigenvalue weighted by Crippen LogP contribution is -2.44. The molecule has 1 aromatic rings. The van der Waals surface area contributed by atoms with E-state index in [2.05, 4.69) is 4.72 Å². The van der Waals surface area contributed by atoms with E-state index in [1.165, 1.54) is 12.1 Å². The molecule has 0 aromatic heterocycles. The minimum absolute atomic E-state index is 0.00766. The fourth-order valence-electron chi connectivity index (χ4n) is 3.17. The first-order valence-corrected chi connectivity index (χ1v) is 10.4. The number of rotatable bonds is 4. The molecule has 0 saturated carbocycles. The molecule has 10 heteroatoms. The maximum absolute atomic E-state index is 13.2. The highest BCUT2D eigenvalue weighted by atomic mass is 35.5. The Morgan fingerprint density at radius 1 is 1.30 bits per heavy atom. The summed E-state index contributed by atoms with van der Waals surface area (Å²) in [5.74, 6) is -3.20. The average molecular weight is 420 g/mol. The number of hydrogen-bond donors (Lipinski definition) is 2. The molecule has 0 amide bonds. The number of carbonyl (C=O) groups is 1. The summed E-state index contributed by atoms with van der Waals surface area (Å²) in [6.45, 7) is 0.814. The lowest BCUT2D eigenvalue weighted by atomic mass is 9.94. The molecule has 1 atom stereocenters. The molecule has 27 heavy (non-hydrogen) atoms. The second-order valence-electron chi connectivity index (χ2n) is 6.42. The number of anilines is 1. The molecule has 1 aliphatic carbocycles. The van der Waals surface area contributed by atoms with Crippen molar-refractivity contribution in [1.82, 2.24) is 0 Å². The lowest BCUT2D eigenvalue weighted by Gasteiger charge is -2.35. The summed E-state index contributed by atoms with van der Waals surface area (Å²) in [4.78, 5) is 11.7. The van der Waals surface area contributed by atoms with E-state index in [4.69, 9.17) is 21.1 Å². The zero-order chi connectivity index (χ0) is 19.7. The van der Waals surface area contributed by atoms with Crippen LogP contribution in [0.25, 0.3) is 0 Å². The molecule has 1 unspecified atom stereocenters. The first-order valence-electron chi connectivity index (χ1n) is 8.43. The summed E-state index contributed by atoms with van der Waals surface area (Å²) in [6.07, 6.45) is 3.01. The van der Waals surface area contributed by atoms with Crippen molar-refractivity contribution < 1.29 is 32.2 Å². The van der Waals surface area contributed by atoms with E-state index < -0.39 is 32.8 Å². The van der Waals surface area contributed by atoms with E-state index in [0.717, 1.165) is 25.0 Å². The Balaban J connectivity index is 1.91. The van der Waals surface area contributed by atoms with Crippen LogP contribution in [0, 0.1) is 5.82 Å². The molecule has 1 aliphatic heterocycles. The lowest BCUT2D eigenvalue weighted by molar-refractivity contribution is -0.198. The van der Waals surface area contributed by atoms with Gasteiger partial charge in [-0.15, -0.1) is 0 Å². The van der Waals surface area contributed by atoms with E-state index in [9.17, 15) is 22.7 Å². The molecule has 1 spiro atoms. The summed E-state index contributed by atoms with van der Waals surface area (Å²) < 4.78 is 52.4. The minimum atomic E-state index is -4.15. The van der Waals surface area contributed by atoms with E-state index in [0.29, 0.717) is 13.2 Å². The van der Waals surface area contributed by atoms with Crippen molar-refractivity contribution >= 4 is 33.3 Å². The smallest absolute Gasteiger partial charge is 0.332 e. The van der Waals surface area contributed by atoms with Crippen molar-refractivity contribution in [1.29, 1.82) is 0 Å². The number of carboxylic acids is 1. The molecular formula is C17H19ClFNO6S. The average Bonchev–Trinajstić information content (AvgIpc) is 2.82. The van der Waals surface area contributed by atoms with Gasteiger partial charge in [0, 0.05) is 6.42 Å². The van der Waals surface area contributed by atoms with Gasteiger partial charge in [-0.3, -0.25) is 4.72 Å². The second-order valence-corrected chi connectivity index (χ2v) is 8.69. The molecule has 0 bridgehead atoms. The predicted octanol–water partition coefficient (Wildman–Crippen LogP) is 2.92. The van der Waals surface area contributed by atoms with Crippen LogP contribution in [0.1, 0.15) is 25.7 Å². The van der Waals surface area contributed by atoms with Crippen molar-refractivity contribution in [3.8, 4) is 0 Å². The van der Waals surface area contributed by atoms with Crippen LogP contribution in [0.5, 0.6) is 0 Å².